The number of hydrogen-bond acceptors (Lipinski definition) is 4. The molecule has 1 aliphatic heterocycles. The van der Waals surface area contributed by atoms with Gasteiger partial charge in [0.05, 0.1) is 22.8 Å². The van der Waals surface area contributed by atoms with Crippen LogP contribution in [-0.2, 0) is 0 Å². The van der Waals surface area contributed by atoms with E-state index in [-0.39, 0.29) is 6.04 Å². The van der Waals surface area contributed by atoms with E-state index in [1.807, 2.05) is 65.7 Å². The van der Waals surface area contributed by atoms with Crippen LogP contribution in [0.1, 0.15) is 23.6 Å². The van der Waals surface area contributed by atoms with Crippen molar-refractivity contribution in [2.24, 2.45) is 5.10 Å². The molecule has 0 radical (unpaired) electrons. The number of thiocarbonyl (C=S) groups is 1. The minimum atomic E-state index is -0.0654. The van der Waals surface area contributed by atoms with E-state index in [1.54, 1.807) is 12.4 Å². The van der Waals surface area contributed by atoms with E-state index in [0.29, 0.717) is 5.11 Å². The molecule has 2 heterocycles. The predicted molar refractivity (Wildman–Crippen MR) is 124 cm³/mol. The Morgan fingerprint density at radius 2 is 1.60 bits per heavy atom. The van der Waals surface area contributed by atoms with E-state index in [0.717, 1.165) is 40.0 Å². The quantitative estimate of drug-likeness (QED) is 0.473. The van der Waals surface area contributed by atoms with Crippen molar-refractivity contribution in [3.05, 3.63) is 102 Å². The zero-order chi connectivity index (χ0) is 20.3. The van der Waals surface area contributed by atoms with Crippen molar-refractivity contribution in [1.29, 1.82) is 0 Å². The highest BCUT2D eigenvalue weighted by Gasteiger charge is 2.33. The number of hydrazone groups is 1. The Bertz CT molecular complexity index is 1220. The third kappa shape index (κ3) is 3.53. The molecule has 5 nitrogen and oxygen atoms in total. The lowest BCUT2D eigenvalue weighted by Crippen LogP contribution is -2.31. The van der Waals surface area contributed by atoms with Crippen LogP contribution in [0.5, 0.6) is 0 Å². The summed E-state index contributed by atoms with van der Waals surface area (Å²) in [6, 6.07) is 26.1. The molecule has 146 valence electrons. The molecule has 3 aromatic carbocycles. The Hall–Kier alpha value is -3.64. The summed E-state index contributed by atoms with van der Waals surface area (Å²) in [5.74, 6) is 0. The highest BCUT2D eigenvalue weighted by molar-refractivity contribution is 7.80. The molecule has 4 aromatic rings. The van der Waals surface area contributed by atoms with Crippen LogP contribution in [0.15, 0.2) is 96.4 Å². The lowest BCUT2D eigenvalue weighted by molar-refractivity contribution is 0.377. The number of anilines is 1. The fourth-order valence-electron chi connectivity index (χ4n) is 3.73. The van der Waals surface area contributed by atoms with Gasteiger partial charge in [-0.2, -0.15) is 5.10 Å². The molecule has 0 unspecified atom stereocenters. The summed E-state index contributed by atoms with van der Waals surface area (Å²) in [5, 5.41) is 10.7. The molecular formula is C24H19N5S. The first-order valence-electron chi connectivity index (χ1n) is 9.77. The maximum atomic E-state index is 5.77. The van der Waals surface area contributed by atoms with E-state index in [1.165, 1.54) is 0 Å². The van der Waals surface area contributed by atoms with Crippen molar-refractivity contribution >= 4 is 39.8 Å². The summed E-state index contributed by atoms with van der Waals surface area (Å²) >= 11 is 5.77. The second kappa shape index (κ2) is 8.00. The number of aromatic nitrogens is 2. The zero-order valence-electron chi connectivity index (χ0n) is 16.1. The molecule has 0 saturated carbocycles. The van der Waals surface area contributed by atoms with Crippen molar-refractivity contribution < 1.29 is 0 Å². The lowest BCUT2D eigenvalue weighted by atomic mass is 9.97. The maximum absolute atomic E-state index is 5.77. The van der Waals surface area contributed by atoms with E-state index in [9.17, 15) is 0 Å². The molecule has 30 heavy (non-hydrogen) atoms. The number of hydrogen-bond donors (Lipinski definition) is 1. The minimum Gasteiger partial charge on any atom is -0.331 e. The number of benzene rings is 3. The average Bonchev–Trinajstić information content (AvgIpc) is 3.25. The lowest BCUT2D eigenvalue weighted by Gasteiger charge is -2.25. The van der Waals surface area contributed by atoms with Crippen LogP contribution in [0.25, 0.3) is 11.0 Å². The number of nitrogens with zero attached hydrogens (tertiary/aromatic N) is 4. The molecule has 1 aliphatic rings. The average molecular weight is 410 g/mol. The summed E-state index contributed by atoms with van der Waals surface area (Å²) in [5.41, 5.74) is 5.83. The van der Waals surface area contributed by atoms with Gasteiger partial charge >= 0.3 is 0 Å². The summed E-state index contributed by atoms with van der Waals surface area (Å²) < 4.78 is 0. The summed E-state index contributed by atoms with van der Waals surface area (Å²) in [7, 11) is 0. The second-order valence-corrected chi connectivity index (χ2v) is 7.43. The molecule has 0 spiro atoms. The molecule has 0 bridgehead atoms. The van der Waals surface area contributed by atoms with Crippen molar-refractivity contribution in [2.75, 3.05) is 5.32 Å². The molecule has 0 saturated heterocycles. The Morgan fingerprint density at radius 3 is 2.40 bits per heavy atom. The van der Waals surface area contributed by atoms with Gasteiger partial charge in [0.15, 0.2) is 5.11 Å². The Kier molecular flexibility index (Phi) is 4.91. The third-order valence-corrected chi connectivity index (χ3v) is 5.43. The summed E-state index contributed by atoms with van der Waals surface area (Å²) in [4.78, 5) is 9.06. The van der Waals surface area contributed by atoms with Crippen LogP contribution in [0.4, 0.5) is 5.69 Å². The monoisotopic (exact) mass is 409 g/mol. The van der Waals surface area contributed by atoms with E-state index < -0.39 is 0 Å². The molecule has 1 N–H and O–H groups in total. The predicted octanol–water partition coefficient (Wildman–Crippen LogP) is 5.18. The van der Waals surface area contributed by atoms with Gasteiger partial charge < -0.3 is 5.32 Å². The number of rotatable bonds is 3. The van der Waals surface area contributed by atoms with Gasteiger partial charge in [0.1, 0.15) is 0 Å². The molecule has 6 heteroatoms. The van der Waals surface area contributed by atoms with Gasteiger partial charge in [-0.1, -0.05) is 60.7 Å². The molecule has 0 aliphatic carbocycles. The Balaban J connectivity index is 1.55. The van der Waals surface area contributed by atoms with Crippen molar-refractivity contribution in [3.8, 4) is 0 Å². The van der Waals surface area contributed by atoms with Gasteiger partial charge in [-0.25, -0.2) is 5.01 Å². The fourth-order valence-corrected chi connectivity index (χ4v) is 4.02. The third-order valence-electron chi connectivity index (χ3n) is 5.14. The molecular weight excluding hydrogens is 390 g/mol. The molecule has 5 rings (SSSR count). The smallest absolute Gasteiger partial charge is 0.194 e. The van der Waals surface area contributed by atoms with Gasteiger partial charge in [-0.3, -0.25) is 9.97 Å². The first-order valence-corrected chi connectivity index (χ1v) is 10.2. The van der Waals surface area contributed by atoms with Gasteiger partial charge in [-0.05, 0) is 36.0 Å². The van der Waals surface area contributed by atoms with E-state index in [4.69, 9.17) is 17.3 Å². The van der Waals surface area contributed by atoms with Crippen LogP contribution in [0.3, 0.4) is 0 Å². The summed E-state index contributed by atoms with van der Waals surface area (Å²) in [6.07, 6.45) is 4.17. The number of nitrogens with one attached hydrogen (secondary N) is 1. The number of fused-ring (bicyclic) bond motifs is 1. The molecule has 1 aromatic heterocycles. The standard InChI is InChI=1S/C24H19N5S/c30-24(27-18-10-5-2-6-11-18)29-22(16-21(28-29)17-8-3-1-4-9-17)19-12-7-13-20-23(19)26-15-14-25-20/h1-15,22H,16H2,(H,27,30)/t22-/m0/s1. The highest BCUT2D eigenvalue weighted by atomic mass is 32.1. The van der Waals surface area contributed by atoms with Gasteiger partial charge in [-0.15, -0.1) is 0 Å². The van der Waals surface area contributed by atoms with Crippen LogP contribution in [0.2, 0.25) is 0 Å². The fraction of sp³-hybridized carbons (Fsp3) is 0.0833. The van der Waals surface area contributed by atoms with Crippen LogP contribution < -0.4 is 5.32 Å². The second-order valence-electron chi connectivity index (χ2n) is 7.04. The van der Waals surface area contributed by atoms with Crippen molar-refractivity contribution in [1.82, 2.24) is 15.0 Å². The van der Waals surface area contributed by atoms with Crippen molar-refractivity contribution in [3.63, 3.8) is 0 Å². The topological polar surface area (TPSA) is 53.4 Å². The SMILES string of the molecule is S=C(Nc1ccccc1)N1N=C(c2ccccc2)C[C@H]1c1cccc2nccnc12. The molecule has 0 amide bonds. The van der Waals surface area contributed by atoms with Gasteiger partial charge in [0.25, 0.3) is 0 Å². The van der Waals surface area contributed by atoms with Gasteiger partial charge in [0, 0.05) is 30.1 Å². The zero-order valence-corrected chi connectivity index (χ0v) is 17.0. The largest absolute Gasteiger partial charge is 0.331 e. The normalized spacial score (nSPS) is 15.8. The van der Waals surface area contributed by atoms with E-state index in [2.05, 4.69) is 33.5 Å². The van der Waals surface area contributed by atoms with Crippen LogP contribution in [-0.4, -0.2) is 25.8 Å². The first kappa shape index (κ1) is 18.4. The van der Waals surface area contributed by atoms with Crippen LogP contribution in [0, 0.1) is 0 Å². The Morgan fingerprint density at radius 1 is 0.867 bits per heavy atom. The molecule has 0 fully saturated rings. The highest BCUT2D eigenvalue weighted by Crippen LogP contribution is 2.35. The van der Waals surface area contributed by atoms with Crippen molar-refractivity contribution in [2.45, 2.75) is 12.5 Å². The summed E-state index contributed by atoms with van der Waals surface area (Å²) in [6.45, 7) is 0. The first-order chi connectivity index (χ1) is 14.8. The number of para-hydroxylation sites is 2. The minimum absolute atomic E-state index is 0.0654. The molecule has 1 atom stereocenters. The maximum Gasteiger partial charge on any atom is 0.194 e. The van der Waals surface area contributed by atoms with Crippen LogP contribution >= 0.6 is 12.2 Å². The Labute approximate surface area is 180 Å². The van der Waals surface area contributed by atoms with E-state index >= 15 is 0 Å². The van der Waals surface area contributed by atoms with Gasteiger partial charge in [0.2, 0.25) is 0 Å².